The molecule has 0 unspecified atom stereocenters. The molecule has 8 heteroatoms. The van der Waals surface area contributed by atoms with Gasteiger partial charge in [0.25, 0.3) is 0 Å². The number of amides is 1. The van der Waals surface area contributed by atoms with Crippen molar-refractivity contribution in [2.75, 3.05) is 26.9 Å². The number of nitrogens with zero attached hydrogens (tertiary/aromatic N) is 1. The molecular weight excluding hydrogens is 364 g/mol. The minimum atomic E-state index is -0.452. The maximum atomic E-state index is 12.0. The van der Waals surface area contributed by atoms with Crippen LogP contribution in [0.2, 0.25) is 0 Å². The molecule has 8 nitrogen and oxygen atoms in total. The summed E-state index contributed by atoms with van der Waals surface area (Å²) in [7, 11) is 1.30. The molecule has 1 aliphatic rings. The molecule has 1 heterocycles. The van der Waals surface area contributed by atoms with Crippen molar-refractivity contribution in [3.63, 3.8) is 0 Å². The molecule has 2 aromatic carbocycles. The van der Waals surface area contributed by atoms with Gasteiger partial charge in [0.1, 0.15) is 19.0 Å². The Morgan fingerprint density at radius 1 is 1.11 bits per heavy atom. The fourth-order valence-corrected chi connectivity index (χ4v) is 2.45. The Hall–Kier alpha value is -3.55. The lowest BCUT2D eigenvalue weighted by atomic mass is 10.1. The zero-order chi connectivity index (χ0) is 19.8. The van der Waals surface area contributed by atoms with Gasteiger partial charge in [-0.2, -0.15) is 5.10 Å². The van der Waals surface area contributed by atoms with Gasteiger partial charge in [-0.25, -0.2) is 10.2 Å². The van der Waals surface area contributed by atoms with E-state index >= 15 is 0 Å². The van der Waals surface area contributed by atoms with Gasteiger partial charge in [-0.3, -0.25) is 4.79 Å². The first-order chi connectivity index (χ1) is 13.6. The lowest BCUT2D eigenvalue weighted by molar-refractivity contribution is -0.142. The number of fused-ring (bicyclic) bond motifs is 1. The van der Waals surface area contributed by atoms with Crippen LogP contribution in [0, 0.1) is 0 Å². The number of hydrogen-bond acceptors (Lipinski definition) is 7. The van der Waals surface area contributed by atoms with Gasteiger partial charge in [0.05, 0.1) is 19.7 Å². The smallest absolute Gasteiger partial charge is 0.343 e. The summed E-state index contributed by atoms with van der Waals surface area (Å²) in [6.07, 6.45) is 1.69. The minimum absolute atomic E-state index is 0.153. The summed E-state index contributed by atoms with van der Waals surface area (Å²) in [5.74, 6) is 1.17. The highest BCUT2D eigenvalue weighted by Crippen LogP contribution is 2.30. The fourth-order valence-electron chi connectivity index (χ4n) is 2.45. The van der Waals surface area contributed by atoms with E-state index in [1.165, 1.54) is 13.3 Å². The number of benzene rings is 2. The number of hydrogen-bond donors (Lipinski definition) is 1. The Morgan fingerprint density at radius 3 is 2.61 bits per heavy atom. The summed E-state index contributed by atoms with van der Waals surface area (Å²) in [6, 6.07) is 12.3. The van der Waals surface area contributed by atoms with Crippen molar-refractivity contribution in [2.45, 2.75) is 6.42 Å². The molecule has 2 aromatic rings. The summed E-state index contributed by atoms with van der Waals surface area (Å²) >= 11 is 0. The van der Waals surface area contributed by atoms with E-state index in [1.54, 1.807) is 36.4 Å². The van der Waals surface area contributed by atoms with E-state index in [9.17, 15) is 9.59 Å². The average Bonchev–Trinajstić information content (AvgIpc) is 2.72. The van der Waals surface area contributed by atoms with E-state index < -0.39 is 5.97 Å². The lowest BCUT2D eigenvalue weighted by Gasteiger charge is -2.18. The van der Waals surface area contributed by atoms with Crippen LogP contribution in [0.3, 0.4) is 0 Å². The second-order valence-corrected chi connectivity index (χ2v) is 5.88. The highest BCUT2D eigenvalue weighted by atomic mass is 16.6. The highest BCUT2D eigenvalue weighted by molar-refractivity contribution is 5.83. The van der Waals surface area contributed by atoms with E-state index in [4.69, 9.17) is 14.2 Å². The van der Waals surface area contributed by atoms with Gasteiger partial charge in [0.2, 0.25) is 5.91 Å². The van der Waals surface area contributed by atoms with Gasteiger partial charge in [-0.05, 0) is 47.5 Å². The third kappa shape index (κ3) is 5.47. The normalized spacial score (nSPS) is 12.5. The Balaban J connectivity index is 1.47. The quantitative estimate of drug-likeness (QED) is 0.444. The number of nitrogens with one attached hydrogen (secondary N) is 1. The SMILES string of the molecule is COC(=O)COc1ccc(/C=N/NC(=O)Cc2ccc3c(c2)OCCO3)cc1. The van der Waals surface area contributed by atoms with Crippen LogP contribution in [0.5, 0.6) is 17.2 Å². The van der Waals surface area contributed by atoms with Gasteiger partial charge in [0.15, 0.2) is 18.1 Å². The van der Waals surface area contributed by atoms with Crippen molar-refractivity contribution in [3.8, 4) is 17.2 Å². The molecular formula is C20H20N2O6. The lowest BCUT2D eigenvalue weighted by Crippen LogP contribution is -2.20. The van der Waals surface area contributed by atoms with Crippen LogP contribution in [0.15, 0.2) is 47.6 Å². The molecule has 3 rings (SSSR count). The Bertz CT molecular complexity index is 863. The highest BCUT2D eigenvalue weighted by Gasteiger charge is 2.13. The number of hydrazone groups is 1. The minimum Gasteiger partial charge on any atom is -0.486 e. The molecule has 0 saturated heterocycles. The molecule has 0 saturated carbocycles. The molecule has 0 radical (unpaired) electrons. The summed E-state index contributed by atoms with van der Waals surface area (Å²) in [6.45, 7) is 0.874. The first-order valence-corrected chi connectivity index (χ1v) is 8.64. The van der Waals surface area contributed by atoms with Crippen LogP contribution in [-0.2, 0) is 20.7 Å². The van der Waals surface area contributed by atoms with Crippen LogP contribution in [0.25, 0.3) is 0 Å². The van der Waals surface area contributed by atoms with E-state index in [0.717, 1.165) is 11.1 Å². The third-order valence-corrected chi connectivity index (χ3v) is 3.84. The van der Waals surface area contributed by atoms with Gasteiger partial charge in [-0.15, -0.1) is 0 Å². The Morgan fingerprint density at radius 2 is 1.86 bits per heavy atom. The number of ether oxygens (including phenoxy) is 4. The van der Waals surface area contributed by atoms with Crippen LogP contribution in [-0.4, -0.2) is 45.0 Å². The molecule has 1 aliphatic heterocycles. The second kappa shape index (κ2) is 9.40. The number of carbonyl (C=O) groups is 2. The van der Waals surface area contributed by atoms with Crippen molar-refractivity contribution in [3.05, 3.63) is 53.6 Å². The summed E-state index contributed by atoms with van der Waals surface area (Å²) < 4.78 is 20.7. The fraction of sp³-hybridized carbons (Fsp3) is 0.250. The maximum Gasteiger partial charge on any atom is 0.343 e. The van der Waals surface area contributed by atoms with E-state index in [2.05, 4.69) is 15.3 Å². The van der Waals surface area contributed by atoms with Crippen molar-refractivity contribution < 1.29 is 28.5 Å². The van der Waals surface area contributed by atoms with Gasteiger partial charge in [-0.1, -0.05) is 6.07 Å². The molecule has 146 valence electrons. The van der Waals surface area contributed by atoms with Crippen molar-refractivity contribution in [2.24, 2.45) is 5.10 Å². The number of esters is 1. The zero-order valence-corrected chi connectivity index (χ0v) is 15.3. The van der Waals surface area contributed by atoms with Gasteiger partial charge in [0, 0.05) is 0 Å². The number of carbonyl (C=O) groups excluding carboxylic acids is 2. The Kier molecular flexibility index (Phi) is 6.46. The predicted octanol–water partition coefficient (Wildman–Crippen LogP) is 1.70. The van der Waals surface area contributed by atoms with Crippen molar-refractivity contribution in [1.29, 1.82) is 0 Å². The molecule has 1 N–H and O–H groups in total. The summed E-state index contributed by atoms with van der Waals surface area (Å²) in [5, 5.41) is 3.95. The van der Waals surface area contributed by atoms with Crippen LogP contribution < -0.4 is 19.6 Å². The molecule has 0 aromatic heterocycles. The largest absolute Gasteiger partial charge is 0.486 e. The summed E-state index contributed by atoms with van der Waals surface area (Å²) in [4.78, 5) is 23.1. The molecule has 28 heavy (non-hydrogen) atoms. The first kappa shape index (κ1) is 19.2. The predicted molar refractivity (Wildman–Crippen MR) is 101 cm³/mol. The van der Waals surface area contributed by atoms with Gasteiger partial charge < -0.3 is 18.9 Å². The van der Waals surface area contributed by atoms with Crippen LogP contribution >= 0.6 is 0 Å². The molecule has 1 amide bonds. The second-order valence-electron chi connectivity index (χ2n) is 5.88. The Labute approximate surface area is 162 Å². The topological polar surface area (TPSA) is 95.5 Å². The van der Waals surface area contributed by atoms with Gasteiger partial charge >= 0.3 is 5.97 Å². The molecule has 0 bridgehead atoms. The molecule has 0 aliphatic carbocycles. The standard InChI is InChI=1S/C20H20N2O6/c1-25-20(24)13-28-16-5-2-14(3-6-16)12-21-22-19(23)11-15-4-7-17-18(10-15)27-9-8-26-17/h2-7,10,12H,8-9,11,13H2,1H3,(H,22,23)/b21-12+. The first-order valence-electron chi connectivity index (χ1n) is 8.64. The maximum absolute atomic E-state index is 12.0. The monoisotopic (exact) mass is 384 g/mol. The average molecular weight is 384 g/mol. The zero-order valence-electron chi connectivity index (χ0n) is 15.3. The van der Waals surface area contributed by atoms with Crippen molar-refractivity contribution >= 4 is 18.1 Å². The third-order valence-electron chi connectivity index (χ3n) is 3.84. The number of methoxy groups -OCH3 is 1. The van der Waals surface area contributed by atoms with E-state index in [1.807, 2.05) is 6.07 Å². The molecule has 0 atom stereocenters. The van der Waals surface area contributed by atoms with Crippen molar-refractivity contribution in [1.82, 2.24) is 5.43 Å². The van der Waals surface area contributed by atoms with Crippen LogP contribution in [0.4, 0.5) is 0 Å². The molecule has 0 spiro atoms. The van der Waals surface area contributed by atoms with Crippen LogP contribution in [0.1, 0.15) is 11.1 Å². The summed E-state index contributed by atoms with van der Waals surface area (Å²) in [5.41, 5.74) is 4.07. The number of rotatable bonds is 7. The molecule has 0 fully saturated rings. The van der Waals surface area contributed by atoms with E-state index in [-0.39, 0.29) is 18.9 Å². The van der Waals surface area contributed by atoms with E-state index in [0.29, 0.717) is 30.5 Å².